The second-order valence-corrected chi connectivity index (χ2v) is 5.27. The van der Waals surface area contributed by atoms with Crippen LogP contribution in [0, 0.1) is 0 Å². The van der Waals surface area contributed by atoms with E-state index in [9.17, 15) is 9.59 Å². The van der Waals surface area contributed by atoms with Crippen molar-refractivity contribution < 1.29 is 9.59 Å². The van der Waals surface area contributed by atoms with Crippen LogP contribution in [0.15, 0.2) is 42.5 Å². The summed E-state index contributed by atoms with van der Waals surface area (Å²) in [6.45, 7) is 0.724. The standard InChI is InChI=1S/C18H17NO2/c20-11-5-8-15-12-16-17(9-4-10-18(16)21)19(15)13-14-6-2-1-3-7-14/h1-3,5-8,11-12H,4,9-10,13H2/b8-5+. The number of hydrogen-bond acceptors (Lipinski definition) is 2. The van der Waals surface area contributed by atoms with E-state index < -0.39 is 0 Å². The van der Waals surface area contributed by atoms with E-state index in [0.717, 1.165) is 42.6 Å². The number of nitrogens with zero attached hydrogens (tertiary/aromatic N) is 1. The van der Waals surface area contributed by atoms with Crippen LogP contribution in [0.25, 0.3) is 6.08 Å². The summed E-state index contributed by atoms with van der Waals surface area (Å²) < 4.78 is 2.15. The van der Waals surface area contributed by atoms with Crippen LogP contribution in [0.2, 0.25) is 0 Å². The molecule has 1 heterocycles. The van der Waals surface area contributed by atoms with Crippen LogP contribution in [0.3, 0.4) is 0 Å². The second-order valence-electron chi connectivity index (χ2n) is 5.27. The first kappa shape index (κ1) is 13.6. The molecule has 0 unspecified atom stereocenters. The summed E-state index contributed by atoms with van der Waals surface area (Å²) in [4.78, 5) is 22.7. The maximum atomic E-state index is 12.1. The summed E-state index contributed by atoms with van der Waals surface area (Å²) in [7, 11) is 0. The first-order valence-corrected chi connectivity index (χ1v) is 7.21. The van der Waals surface area contributed by atoms with Gasteiger partial charge in [-0.2, -0.15) is 0 Å². The second kappa shape index (κ2) is 5.92. The molecule has 1 aromatic carbocycles. The van der Waals surface area contributed by atoms with Crippen LogP contribution in [0.1, 0.15) is 40.2 Å². The largest absolute Gasteiger partial charge is 0.340 e. The van der Waals surface area contributed by atoms with E-state index in [2.05, 4.69) is 16.7 Å². The highest BCUT2D eigenvalue weighted by atomic mass is 16.1. The maximum Gasteiger partial charge on any atom is 0.164 e. The van der Waals surface area contributed by atoms with Crippen LogP contribution in [0.4, 0.5) is 0 Å². The average molecular weight is 279 g/mol. The van der Waals surface area contributed by atoms with Gasteiger partial charge >= 0.3 is 0 Å². The van der Waals surface area contributed by atoms with Gasteiger partial charge in [0.15, 0.2) is 5.78 Å². The highest BCUT2D eigenvalue weighted by Crippen LogP contribution is 2.26. The van der Waals surface area contributed by atoms with E-state index in [0.29, 0.717) is 6.42 Å². The lowest BCUT2D eigenvalue weighted by atomic mass is 9.96. The van der Waals surface area contributed by atoms with Crippen molar-refractivity contribution in [1.29, 1.82) is 0 Å². The number of rotatable bonds is 4. The van der Waals surface area contributed by atoms with Crippen LogP contribution in [-0.2, 0) is 17.8 Å². The third kappa shape index (κ3) is 2.72. The van der Waals surface area contributed by atoms with Crippen molar-refractivity contribution in [2.45, 2.75) is 25.8 Å². The Morgan fingerprint density at radius 3 is 2.71 bits per heavy atom. The lowest BCUT2D eigenvalue weighted by molar-refractivity contribution is -0.104. The third-order valence-corrected chi connectivity index (χ3v) is 3.89. The van der Waals surface area contributed by atoms with Crippen LogP contribution >= 0.6 is 0 Å². The Balaban J connectivity index is 2.05. The first-order valence-electron chi connectivity index (χ1n) is 7.21. The molecule has 21 heavy (non-hydrogen) atoms. The Bertz CT molecular complexity index is 696. The summed E-state index contributed by atoms with van der Waals surface area (Å²) in [6, 6.07) is 12.1. The van der Waals surface area contributed by atoms with Gasteiger partial charge in [0, 0.05) is 29.9 Å². The molecule has 0 N–H and O–H groups in total. The average Bonchev–Trinajstić information content (AvgIpc) is 2.86. The number of ketones is 1. The summed E-state index contributed by atoms with van der Waals surface area (Å²) in [5.74, 6) is 0.212. The summed E-state index contributed by atoms with van der Waals surface area (Å²) in [6.07, 6.45) is 6.47. The fraction of sp³-hybridized carbons (Fsp3) is 0.222. The zero-order chi connectivity index (χ0) is 14.7. The van der Waals surface area contributed by atoms with E-state index in [4.69, 9.17) is 0 Å². The van der Waals surface area contributed by atoms with E-state index in [-0.39, 0.29) is 5.78 Å². The molecular formula is C18H17NO2. The smallest absolute Gasteiger partial charge is 0.164 e. The molecule has 0 bridgehead atoms. The van der Waals surface area contributed by atoms with Gasteiger partial charge in [-0.05, 0) is 36.6 Å². The van der Waals surface area contributed by atoms with Gasteiger partial charge in [-0.25, -0.2) is 0 Å². The number of hydrogen-bond donors (Lipinski definition) is 0. The van der Waals surface area contributed by atoms with Gasteiger partial charge in [-0.15, -0.1) is 0 Å². The van der Waals surface area contributed by atoms with Crippen molar-refractivity contribution in [3.8, 4) is 0 Å². The molecule has 0 saturated carbocycles. The Hall–Kier alpha value is -2.42. The number of carbonyl (C=O) groups excluding carboxylic acids is 2. The molecule has 0 aliphatic heterocycles. The number of benzene rings is 1. The number of aromatic nitrogens is 1. The van der Waals surface area contributed by atoms with E-state index in [1.165, 1.54) is 11.6 Å². The molecular weight excluding hydrogens is 262 g/mol. The van der Waals surface area contributed by atoms with Crippen LogP contribution in [-0.4, -0.2) is 16.6 Å². The topological polar surface area (TPSA) is 39.1 Å². The Labute approximate surface area is 123 Å². The minimum atomic E-state index is 0.212. The predicted molar refractivity (Wildman–Crippen MR) is 82.3 cm³/mol. The van der Waals surface area contributed by atoms with Gasteiger partial charge < -0.3 is 4.57 Å². The molecule has 0 fully saturated rings. The number of aldehydes is 1. The third-order valence-electron chi connectivity index (χ3n) is 3.89. The Morgan fingerprint density at radius 2 is 1.95 bits per heavy atom. The zero-order valence-corrected chi connectivity index (χ0v) is 11.8. The monoisotopic (exact) mass is 279 g/mol. The van der Waals surface area contributed by atoms with Crippen molar-refractivity contribution in [3.63, 3.8) is 0 Å². The number of fused-ring (bicyclic) bond motifs is 1. The molecule has 3 rings (SSSR count). The lowest BCUT2D eigenvalue weighted by Gasteiger charge is -2.16. The normalized spacial score (nSPS) is 14.4. The van der Waals surface area contributed by atoms with Crippen molar-refractivity contribution in [3.05, 3.63) is 65.0 Å². The molecule has 3 nitrogen and oxygen atoms in total. The highest BCUT2D eigenvalue weighted by Gasteiger charge is 2.23. The molecule has 1 aromatic heterocycles. The molecule has 106 valence electrons. The van der Waals surface area contributed by atoms with E-state index >= 15 is 0 Å². The van der Waals surface area contributed by atoms with Gasteiger partial charge in [0.05, 0.1) is 0 Å². The fourth-order valence-corrected chi connectivity index (χ4v) is 2.90. The van der Waals surface area contributed by atoms with Crippen molar-refractivity contribution in [1.82, 2.24) is 4.57 Å². The number of Topliss-reactive ketones (excluding diaryl/α,β-unsaturated/α-hetero) is 1. The molecule has 0 radical (unpaired) electrons. The van der Waals surface area contributed by atoms with Gasteiger partial charge in [0.1, 0.15) is 6.29 Å². The van der Waals surface area contributed by atoms with Gasteiger partial charge in [-0.1, -0.05) is 30.3 Å². The fourth-order valence-electron chi connectivity index (χ4n) is 2.90. The van der Waals surface area contributed by atoms with Crippen molar-refractivity contribution in [2.24, 2.45) is 0 Å². The maximum absolute atomic E-state index is 12.1. The van der Waals surface area contributed by atoms with Gasteiger partial charge in [0.2, 0.25) is 0 Å². The quantitative estimate of drug-likeness (QED) is 0.636. The molecule has 0 spiro atoms. The van der Waals surface area contributed by atoms with Crippen LogP contribution in [0.5, 0.6) is 0 Å². The summed E-state index contributed by atoms with van der Waals surface area (Å²) in [5.41, 5.74) is 4.03. The summed E-state index contributed by atoms with van der Waals surface area (Å²) >= 11 is 0. The first-order chi connectivity index (χ1) is 10.3. The molecule has 0 atom stereocenters. The predicted octanol–water partition coefficient (Wildman–Crippen LogP) is 3.27. The minimum absolute atomic E-state index is 0.212. The molecule has 0 saturated heterocycles. The van der Waals surface area contributed by atoms with Gasteiger partial charge in [-0.3, -0.25) is 9.59 Å². The minimum Gasteiger partial charge on any atom is -0.340 e. The highest BCUT2D eigenvalue weighted by molar-refractivity contribution is 5.99. The van der Waals surface area contributed by atoms with E-state index in [1.54, 1.807) is 6.08 Å². The number of carbonyl (C=O) groups is 2. The molecule has 2 aromatic rings. The zero-order valence-electron chi connectivity index (χ0n) is 11.8. The lowest BCUT2D eigenvalue weighted by Crippen LogP contribution is -2.14. The summed E-state index contributed by atoms with van der Waals surface area (Å²) in [5, 5.41) is 0. The van der Waals surface area contributed by atoms with Crippen molar-refractivity contribution in [2.75, 3.05) is 0 Å². The number of allylic oxidation sites excluding steroid dienone is 1. The van der Waals surface area contributed by atoms with Crippen LogP contribution < -0.4 is 0 Å². The molecule has 1 aliphatic rings. The Kier molecular flexibility index (Phi) is 3.82. The molecule has 3 heteroatoms. The van der Waals surface area contributed by atoms with Crippen molar-refractivity contribution >= 4 is 18.1 Å². The van der Waals surface area contributed by atoms with E-state index in [1.807, 2.05) is 24.3 Å². The SMILES string of the molecule is O=C/C=C/c1cc2c(n1Cc1ccccc1)CCCC2=O. The Morgan fingerprint density at radius 1 is 1.14 bits per heavy atom. The molecule has 1 aliphatic carbocycles. The van der Waals surface area contributed by atoms with Gasteiger partial charge in [0.25, 0.3) is 0 Å². The molecule has 0 amide bonds.